The summed E-state index contributed by atoms with van der Waals surface area (Å²) in [6, 6.07) is 9.73. The highest BCUT2D eigenvalue weighted by Crippen LogP contribution is 2.18. The fourth-order valence-electron chi connectivity index (χ4n) is 1.89. The number of pyridine rings is 1. The van der Waals surface area contributed by atoms with Gasteiger partial charge in [-0.05, 0) is 46.3 Å². The van der Waals surface area contributed by atoms with E-state index in [2.05, 4.69) is 26.2 Å². The quantitative estimate of drug-likeness (QED) is 0.724. The SMILES string of the molecule is O=C(Nc1ccc2oc(=O)ccc2c1)c1cncc(Br)c1. The molecule has 0 saturated carbocycles. The molecule has 21 heavy (non-hydrogen) atoms. The first-order chi connectivity index (χ1) is 10.1. The summed E-state index contributed by atoms with van der Waals surface area (Å²) >= 11 is 3.27. The van der Waals surface area contributed by atoms with Gasteiger partial charge in [-0.1, -0.05) is 0 Å². The summed E-state index contributed by atoms with van der Waals surface area (Å²) in [7, 11) is 0. The van der Waals surface area contributed by atoms with E-state index in [0.29, 0.717) is 16.8 Å². The van der Waals surface area contributed by atoms with Crippen LogP contribution >= 0.6 is 15.9 Å². The van der Waals surface area contributed by atoms with E-state index in [9.17, 15) is 9.59 Å². The van der Waals surface area contributed by atoms with Gasteiger partial charge in [-0.25, -0.2) is 4.79 Å². The van der Waals surface area contributed by atoms with Crippen LogP contribution < -0.4 is 10.9 Å². The van der Waals surface area contributed by atoms with Crippen LogP contribution in [0.1, 0.15) is 10.4 Å². The molecule has 0 radical (unpaired) electrons. The monoisotopic (exact) mass is 344 g/mol. The Bertz CT molecular complexity index is 889. The molecule has 1 amide bonds. The van der Waals surface area contributed by atoms with E-state index in [1.807, 2.05) is 0 Å². The lowest BCUT2D eigenvalue weighted by atomic mass is 10.2. The molecule has 0 aliphatic rings. The van der Waals surface area contributed by atoms with Crippen molar-refractivity contribution < 1.29 is 9.21 Å². The van der Waals surface area contributed by atoms with Crippen LogP contribution in [0.2, 0.25) is 0 Å². The van der Waals surface area contributed by atoms with Gasteiger partial charge in [-0.3, -0.25) is 9.78 Å². The molecule has 0 unspecified atom stereocenters. The topological polar surface area (TPSA) is 72.2 Å². The van der Waals surface area contributed by atoms with E-state index < -0.39 is 5.63 Å². The Morgan fingerprint density at radius 2 is 2.00 bits per heavy atom. The second kappa shape index (κ2) is 5.49. The van der Waals surface area contributed by atoms with E-state index in [4.69, 9.17) is 4.42 Å². The summed E-state index contributed by atoms with van der Waals surface area (Å²) in [5.41, 5.74) is 1.13. The lowest BCUT2D eigenvalue weighted by Gasteiger charge is -2.06. The van der Waals surface area contributed by atoms with Crippen molar-refractivity contribution in [2.45, 2.75) is 0 Å². The average Bonchev–Trinajstić information content (AvgIpc) is 2.47. The first kappa shape index (κ1) is 13.5. The van der Waals surface area contributed by atoms with Crippen molar-refractivity contribution in [2.75, 3.05) is 5.32 Å². The molecule has 6 heteroatoms. The predicted octanol–water partition coefficient (Wildman–Crippen LogP) is 3.20. The molecule has 2 aromatic heterocycles. The molecule has 0 saturated heterocycles. The van der Waals surface area contributed by atoms with Crippen molar-refractivity contribution in [2.24, 2.45) is 0 Å². The number of halogens is 1. The highest BCUT2D eigenvalue weighted by molar-refractivity contribution is 9.10. The summed E-state index contributed by atoms with van der Waals surface area (Å²) in [6.07, 6.45) is 3.09. The normalized spacial score (nSPS) is 10.5. The Morgan fingerprint density at radius 3 is 2.81 bits per heavy atom. The molecule has 0 aliphatic carbocycles. The summed E-state index contributed by atoms with van der Waals surface area (Å²) in [6.45, 7) is 0. The average molecular weight is 345 g/mol. The van der Waals surface area contributed by atoms with Gasteiger partial charge in [0.15, 0.2) is 0 Å². The van der Waals surface area contributed by atoms with Crippen LogP contribution in [0.5, 0.6) is 0 Å². The van der Waals surface area contributed by atoms with E-state index >= 15 is 0 Å². The number of hydrogen-bond acceptors (Lipinski definition) is 4. The Kier molecular flexibility index (Phi) is 3.53. The first-order valence-corrected chi connectivity index (χ1v) is 6.87. The zero-order valence-electron chi connectivity index (χ0n) is 10.7. The number of anilines is 1. The van der Waals surface area contributed by atoms with E-state index in [-0.39, 0.29) is 5.91 Å². The van der Waals surface area contributed by atoms with Crippen LogP contribution in [0.15, 0.2) is 62.5 Å². The molecule has 5 nitrogen and oxygen atoms in total. The van der Waals surface area contributed by atoms with Crippen LogP contribution in [0.3, 0.4) is 0 Å². The summed E-state index contributed by atoms with van der Waals surface area (Å²) < 4.78 is 5.77. The van der Waals surface area contributed by atoms with Gasteiger partial charge in [-0.15, -0.1) is 0 Å². The summed E-state index contributed by atoms with van der Waals surface area (Å²) in [5.74, 6) is -0.263. The molecule has 0 atom stereocenters. The van der Waals surface area contributed by atoms with Crippen LogP contribution in [0, 0.1) is 0 Å². The number of hydrogen-bond donors (Lipinski definition) is 1. The molecule has 0 aliphatic heterocycles. The first-order valence-electron chi connectivity index (χ1n) is 6.08. The van der Waals surface area contributed by atoms with Crippen molar-refractivity contribution in [3.05, 3.63) is 69.2 Å². The molecule has 0 fully saturated rings. The zero-order valence-corrected chi connectivity index (χ0v) is 12.3. The van der Waals surface area contributed by atoms with E-state index in [0.717, 1.165) is 9.86 Å². The third-order valence-electron chi connectivity index (χ3n) is 2.84. The molecular formula is C15H9BrN2O3. The van der Waals surface area contributed by atoms with Crippen LogP contribution in [0.25, 0.3) is 11.0 Å². The van der Waals surface area contributed by atoms with Gasteiger partial charge in [0.2, 0.25) is 0 Å². The Morgan fingerprint density at radius 1 is 1.14 bits per heavy atom. The lowest BCUT2D eigenvalue weighted by molar-refractivity contribution is 0.102. The molecule has 3 aromatic rings. The third-order valence-corrected chi connectivity index (χ3v) is 3.28. The van der Waals surface area contributed by atoms with Gasteiger partial charge < -0.3 is 9.73 Å². The van der Waals surface area contributed by atoms with Crippen LogP contribution in [0.4, 0.5) is 5.69 Å². The predicted molar refractivity (Wildman–Crippen MR) is 82.4 cm³/mol. The Labute approximate surface area is 127 Å². The van der Waals surface area contributed by atoms with Gasteiger partial charge >= 0.3 is 5.63 Å². The van der Waals surface area contributed by atoms with Gasteiger partial charge in [0.05, 0.1) is 5.56 Å². The second-order valence-electron chi connectivity index (χ2n) is 4.35. The molecule has 1 aromatic carbocycles. The van der Waals surface area contributed by atoms with Gasteiger partial charge in [0, 0.05) is 34.0 Å². The molecule has 104 valence electrons. The zero-order chi connectivity index (χ0) is 14.8. The van der Waals surface area contributed by atoms with Crippen LogP contribution in [-0.2, 0) is 0 Å². The number of rotatable bonds is 2. The highest BCUT2D eigenvalue weighted by Gasteiger charge is 2.08. The smallest absolute Gasteiger partial charge is 0.336 e. The fraction of sp³-hybridized carbons (Fsp3) is 0. The number of carbonyl (C=O) groups excluding carboxylic acids is 1. The maximum atomic E-state index is 12.1. The largest absolute Gasteiger partial charge is 0.423 e. The summed E-state index contributed by atoms with van der Waals surface area (Å²) in [5, 5.41) is 3.51. The highest BCUT2D eigenvalue weighted by atomic mass is 79.9. The Hall–Kier alpha value is -2.47. The Balaban J connectivity index is 1.89. The second-order valence-corrected chi connectivity index (χ2v) is 5.27. The minimum absolute atomic E-state index is 0.263. The number of amides is 1. The van der Waals surface area contributed by atoms with Gasteiger partial charge in [0.25, 0.3) is 5.91 Å². The lowest BCUT2D eigenvalue weighted by Crippen LogP contribution is -2.12. The molecular weight excluding hydrogens is 336 g/mol. The third kappa shape index (κ3) is 3.00. The van der Waals surface area contributed by atoms with Gasteiger partial charge in [-0.2, -0.15) is 0 Å². The number of nitrogens with zero attached hydrogens (tertiary/aromatic N) is 1. The van der Waals surface area contributed by atoms with Crippen molar-refractivity contribution in [1.82, 2.24) is 4.98 Å². The molecule has 1 N–H and O–H groups in total. The van der Waals surface area contributed by atoms with E-state index in [1.165, 1.54) is 12.3 Å². The number of benzene rings is 1. The summed E-state index contributed by atoms with van der Waals surface area (Å²) in [4.78, 5) is 27.2. The number of fused-ring (bicyclic) bond motifs is 1. The van der Waals surface area contributed by atoms with Gasteiger partial charge in [0.1, 0.15) is 5.58 Å². The van der Waals surface area contributed by atoms with E-state index in [1.54, 1.807) is 36.5 Å². The maximum absolute atomic E-state index is 12.1. The number of aromatic nitrogens is 1. The van der Waals surface area contributed by atoms with Crippen molar-refractivity contribution in [1.29, 1.82) is 0 Å². The molecule has 0 bridgehead atoms. The van der Waals surface area contributed by atoms with Crippen molar-refractivity contribution in [3.8, 4) is 0 Å². The number of carbonyl (C=O) groups is 1. The number of nitrogens with one attached hydrogen (secondary N) is 1. The van der Waals surface area contributed by atoms with Crippen molar-refractivity contribution in [3.63, 3.8) is 0 Å². The molecule has 3 rings (SSSR count). The minimum atomic E-state index is -0.403. The minimum Gasteiger partial charge on any atom is -0.423 e. The van der Waals surface area contributed by atoms with Crippen molar-refractivity contribution >= 4 is 38.5 Å². The maximum Gasteiger partial charge on any atom is 0.336 e. The fourth-order valence-corrected chi connectivity index (χ4v) is 2.25. The molecule has 0 spiro atoms. The standard InChI is InChI=1S/C15H9BrN2O3/c16-11-5-10(7-17-8-11)15(20)18-12-2-3-13-9(6-12)1-4-14(19)21-13/h1-8H,(H,18,20). The van der Waals surface area contributed by atoms with Crippen LogP contribution in [-0.4, -0.2) is 10.9 Å². The molecule has 2 heterocycles.